The summed E-state index contributed by atoms with van der Waals surface area (Å²) >= 11 is 3.54. The maximum Gasteiger partial charge on any atom is 0.272 e. The van der Waals surface area contributed by atoms with Gasteiger partial charge in [-0.15, -0.1) is 0 Å². The van der Waals surface area contributed by atoms with Gasteiger partial charge in [-0.2, -0.15) is 0 Å². The van der Waals surface area contributed by atoms with E-state index in [4.69, 9.17) is 0 Å². The molecule has 1 N–H and O–H groups in total. The van der Waals surface area contributed by atoms with Gasteiger partial charge < -0.3 is 10.2 Å². The predicted octanol–water partition coefficient (Wildman–Crippen LogP) is 4.77. The van der Waals surface area contributed by atoms with Crippen LogP contribution >= 0.6 is 15.9 Å². The van der Waals surface area contributed by atoms with Crippen LogP contribution in [0.25, 0.3) is 0 Å². The van der Waals surface area contributed by atoms with Gasteiger partial charge in [-0.05, 0) is 55.5 Å². The highest BCUT2D eigenvalue weighted by molar-refractivity contribution is 9.10. The molecule has 5 heteroatoms. The Kier molecular flexibility index (Phi) is 5.19. The summed E-state index contributed by atoms with van der Waals surface area (Å²) in [6.07, 6.45) is 3.95. The molecule has 0 saturated carbocycles. The van der Waals surface area contributed by atoms with Gasteiger partial charge >= 0.3 is 0 Å². The topological polar surface area (TPSA) is 45.2 Å². The van der Waals surface area contributed by atoms with Crippen molar-refractivity contribution in [2.24, 2.45) is 5.92 Å². The molecule has 4 nitrogen and oxygen atoms in total. The molecule has 1 saturated heterocycles. The van der Waals surface area contributed by atoms with Crippen LogP contribution in [-0.2, 0) is 0 Å². The van der Waals surface area contributed by atoms with E-state index >= 15 is 0 Å². The largest absolute Gasteiger partial charge is 0.355 e. The number of aryl methyl sites for hydroxylation is 1. The summed E-state index contributed by atoms with van der Waals surface area (Å²) in [7, 11) is 0. The van der Waals surface area contributed by atoms with Crippen LogP contribution in [0.4, 0.5) is 11.4 Å². The fourth-order valence-electron chi connectivity index (χ4n) is 3.00. The molecule has 0 spiro atoms. The molecule has 2 aromatic rings. The van der Waals surface area contributed by atoms with Crippen LogP contribution in [0.5, 0.6) is 0 Å². The predicted molar refractivity (Wildman–Crippen MR) is 101 cm³/mol. The Hall–Kier alpha value is -1.88. The first kappa shape index (κ1) is 17.0. The smallest absolute Gasteiger partial charge is 0.272 e. The molecule has 3 rings (SSSR count). The first-order valence-electron chi connectivity index (χ1n) is 8.31. The normalized spacial score (nSPS) is 17.6. The minimum atomic E-state index is 0.0234. The number of hydrogen-bond donors (Lipinski definition) is 1. The SMILES string of the molecule is Cc1ccc(Nc2ccnc(C(=O)N3CCCC(C)C3)c2)cc1Br. The summed E-state index contributed by atoms with van der Waals surface area (Å²) in [6, 6.07) is 9.81. The lowest BCUT2D eigenvalue weighted by atomic mass is 10.00. The van der Waals surface area contributed by atoms with Gasteiger partial charge in [0.1, 0.15) is 5.69 Å². The molecule has 0 aliphatic carbocycles. The van der Waals surface area contributed by atoms with E-state index in [1.165, 1.54) is 12.0 Å². The van der Waals surface area contributed by atoms with E-state index in [2.05, 4.69) is 46.1 Å². The average molecular weight is 388 g/mol. The third-order valence-corrected chi connectivity index (χ3v) is 5.24. The minimum Gasteiger partial charge on any atom is -0.355 e. The van der Waals surface area contributed by atoms with E-state index in [0.29, 0.717) is 11.6 Å². The van der Waals surface area contributed by atoms with Crippen molar-refractivity contribution in [3.05, 3.63) is 52.3 Å². The zero-order chi connectivity index (χ0) is 17.1. The van der Waals surface area contributed by atoms with Gasteiger partial charge in [0.2, 0.25) is 0 Å². The fraction of sp³-hybridized carbons (Fsp3) is 0.368. The van der Waals surface area contributed by atoms with Crippen LogP contribution in [0, 0.1) is 12.8 Å². The van der Waals surface area contributed by atoms with Crippen LogP contribution < -0.4 is 5.32 Å². The van der Waals surface area contributed by atoms with Crippen molar-refractivity contribution in [1.82, 2.24) is 9.88 Å². The number of likely N-dealkylation sites (tertiary alicyclic amines) is 1. The number of piperidine rings is 1. The number of aromatic nitrogens is 1. The second kappa shape index (κ2) is 7.34. The van der Waals surface area contributed by atoms with Gasteiger partial charge in [0.05, 0.1) is 0 Å². The maximum absolute atomic E-state index is 12.7. The van der Waals surface area contributed by atoms with Crippen LogP contribution in [0.3, 0.4) is 0 Å². The Labute approximate surface area is 151 Å². The van der Waals surface area contributed by atoms with Crippen LogP contribution in [0.15, 0.2) is 41.0 Å². The van der Waals surface area contributed by atoms with Crippen LogP contribution in [0.2, 0.25) is 0 Å². The first-order chi connectivity index (χ1) is 11.5. The Morgan fingerprint density at radius 3 is 2.83 bits per heavy atom. The number of carbonyl (C=O) groups excluding carboxylic acids is 1. The lowest BCUT2D eigenvalue weighted by molar-refractivity contribution is 0.0677. The molecule has 1 aromatic carbocycles. The standard InChI is InChI=1S/C19H22BrN3O/c1-13-4-3-9-23(12-13)19(24)18-11-16(7-8-21-18)22-15-6-5-14(2)17(20)10-15/h5-8,10-11,13H,3-4,9,12H2,1-2H3,(H,21,22). The second-order valence-electron chi connectivity index (χ2n) is 6.52. The van der Waals surface area contributed by atoms with E-state index in [1.807, 2.05) is 29.2 Å². The number of rotatable bonds is 3. The number of nitrogens with one attached hydrogen (secondary N) is 1. The highest BCUT2D eigenvalue weighted by Gasteiger charge is 2.23. The van der Waals surface area contributed by atoms with Crippen molar-refractivity contribution in [1.29, 1.82) is 0 Å². The van der Waals surface area contributed by atoms with Crippen molar-refractivity contribution < 1.29 is 4.79 Å². The zero-order valence-electron chi connectivity index (χ0n) is 14.1. The highest BCUT2D eigenvalue weighted by Crippen LogP contribution is 2.24. The molecule has 126 valence electrons. The number of carbonyl (C=O) groups is 1. The second-order valence-corrected chi connectivity index (χ2v) is 7.37. The van der Waals surface area contributed by atoms with Crippen molar-refractivity contribution in [2.75, 3.05) is 18.4 Å². The molecule has 1 atom stereocenters. The van der Waals surface area contributed by atoms with Crippen molar-refractivity contribution in [2.45, 2.75) is 26.7 Å². The summed E-state index contributed by atoms with van der Waals surface area (Å²) in [5.41, 5.74) is 3.53. The van der Waals surface area contributed by atoms with E-state index in [1.54, 1.807) is 6.20 Å². The van der Waals surface area contributed by atoms with Gasteiger partial charge in [0.15, 0.2) is 0 Å². The number of benzene rings is 1. The molecule has 1 unspecified atom stereocenters. The first-order valence-corrected chi connectivity index (χ1v) is 9.11. The molecular weight excluding hydrogens is 366 g/mol. The van der Waals surface area contributed by atoms with E-state index < -0.39 is 0 Å². The molecule has 0 radical (unpaired) electrons. The third-order valence-electron chi connectivity index (χ3n) is 4.38. The van der Waals surface area contributed by atoms with Gasteiger partial charge in [-0.3, -0.25) is 9.78 Å². The Bertz CT molecular complexity index is 747. The van der Waals surface area contributed by atoms with Gasteiger partial charge in [-0.25, -0.2) is 0 Å². The minimum absolute atomic E-state index is 0.0234. The maximum atomic E-state index is 12.7. The van der Waals surface area contributed by atoms with Gasteiger partial charge in [-0.1, -0.05) is 28.9 Å². The van der Waals surface area contributed by atoms with Crippen molar-refractivity contribution in [3.8, 4) is 0 Å². The summed E-state index contributed by atoms with van der Waals surface area (Å²) in [6.45, 7) is 5.90. The van der Waals surface area contributed by atoms with Crippen LogP contribution in [0.1, 0.15) is 35.8 Å². The number of anilines is 2. The van der Waals surface area contributed by atoms with Crippen LogP contribution in [-0.4, -0.2) is 28.9 Å². The third kappa shape index (κ3) is 3.96. The Balaban J connectivity index is 1.76. The molecule has 0 bridgehead atoms. The highest BCUT2D eigenvalue weighted by atomic mass is 79.9. The molecule has 2 heterocycles. The zero-order valence-corrected chi connectivity index (χ0v) is 15.6. The quantitative estimate of drug-likeness (QED) is 0.824. The molecule has 1 aliphatic rings. The van der Waals surface area contributed by atoms with Gasteiger partial charge in [0.25, 0.3) is 5.91 Å². The van der Waals surface area contributed by atoms with E-state index in [0.717, 1.165) is 35.4 Å². The van der Waals surface area contributed by atoms with Gasteiger partial charge in [0, 0.05) is 35.1 Å². The average Bonchev–Trinajstić information content (AvgIpc) is 2.58. The van der Waals surface area contributed by atoms with Crippen molar-refractivity contribution >= 4 is 33.2 Å². The Morgan fingerprint density at radius 1 is 1.29 bits per heavy atom. The van der Waals surface area contributed by atoms with E-state index in [9.17, 15) is 4.79 Å². The number of pyridine rings is 1. The number of amides is 1. The summed E-state index contributed by atoms with van der Waals surface area (Å²) < 4.78 is 1.06. The summed E-state index contributed by atoms with van der Waals surface area (Å²) in [4.78, 5) is 18.9. The molecule has 24 heavy (non-hydrogen) atoms. The van der Waals surface area contributed by atoms with E-state index in [-0.39, 0.29) is 5.91 Å². The summed E-state index contributed by atoms with van der Waals surface area (Å²) in [5, 5.41) is 3.34. The molecule has 1 fully saturated rings. The fourth-order valence-corrected chi connectivity index (χ4v) is 3.38. The molecular formula is C19H22BrN3O. The monoisotopic (exact) mass is 387 g/mol. The molecule has 1 amide bonds. The molecule has 1 aromatic heterocycles. The van der Waals surface area contributed by atoms with Crippen molar-refractivity contribution in [3.63, 3.8) is 0 Å². The molecule has 1 aliphatic heterocycles. The lowest BCUT2D eigenvalue weighted by Crippen LogP contribution is -2.39. The number of nitrogens with zero attached hydrogens (tertiary/aromatic N) is 2. The number of hydrogen-bond acceptors (Lipinski definition) is 3. The lowest BCUT2D eigenvalue weighted by Gasteiger charge is -2.30. The Morgan fingerprint density at radius 2 is 2.08 bits per heavy atom. The number of halogens is 1. The summed E-state index contributed by atoms with van der Waals surface area (Å²) in [5.74, 6) is 0.587.